The summed E-state index contributed by atoms with van der Waals surface area (Å²) in [5.74, 6) is -0.112. The van der Waals surface area contributed by atoms with Gasteiger partial charge in [-0.15, -0.1) is 11.3 Å². The molecule has 0 atom stereocenters. The Morgan fingerprint density at radius 3 is 2.74 bits per heavy atom. The first-order valence-corrected chi connectivity index (χ1v) is 8.09. The third-order valence-electron chi connectivity index (χ3n) is 3.06. The molecule has 0 spiro atoms. The van der Waals surface area contributed by atoms with Crippen molar-refractivity contribution in [3.8, 4) is 5.75 Å². The van der Waals surface area contributed by atoms with Gasteiger partial charge in [0.25, 0.3) is 5.91 Å². The summed E-state index contributed by atoms with van der Waals surface area (Å²) in [7, 11) is 1.31. The van der Waals surface area contributed by atoms with E-state index in [1.54, 1.807) is 24.3 Å². The Hall–Kier alpha value is -2.34. The van der Waals surface area contributed by atoms with E-state index in [4.69, 9.17) is 9.47 Å². The van der Waals surface area contributed by atoms with Crippen LogP contribution in [0.1, 0.15) is 38.9 Å². The Morgan fingerprint density at radius 2 is 2.04 bits per heavy atom. The average Bonchev–Trinajstić information content (AvgIpc) is 2.92. The smallest absolute Gasteiger partial charge is 0.340 e. The maximum absolute atomic E-state index is 12.4. The van der Waals surface area contributed by atoms with E-state index in [0.29, 0.717) is 28.5 Å². The Bertz CT molecular complexity index is 708. The molecule has 1 aromatic heterocycles. The summed E-state index contributed by atoms with van der Waals surface area (Å²) in [4.78, 5) is 25.1. The molecule has 1 amide bonds. The van der Waals surface area contributed by atoms with Crippen molar-refractivity contribution in [1.29, 1.82) is 0 Å². The van der Waals surface area contributed by atoms with Crippen LogP contribution in [0, 0.1) is 6.92 Å². The lowest BCUT2D eigenvalue weighted by atomic mass is 10.2. The average molecular weight is 333 g/mol. The van der Waals surface area contributed by atoms with Gasteiger partial charge < -0.3 is 14.8 Å². The van der Waals surface area contributed by atoms with Crippen LogP contribution in [-0.4, -0.2) is 25.6 Å². The molecule has 122 valence electrons. The zero-order valence-corrected chi connectivity index (χ0v) is 14.2. The Morgan fingerprint density at radius 1 is 1.26 bits per heavy atom. The monoisotopic (exact) mass is 333 g/mol. The minimum Gasteiger partial charge on any atom is -0.494 e. The van der Waals surface area contributed by atoms with E-state index in [0.717, 1.165) is 11.3 Å². The first kappa shape index (κ1) is 17.0. The van der Waals surface area contributed by atoms with Gasteiger partial charge in [-0.25, -0.2) is 4.79 Å². The zero-order valence-electron chi connectivity index (χ0n) is 13.3. The third kappa shape index (κ3) is 4.32. The lowest BCUT2D eigenvalue weighted by Crippen LogP contribution is -2.13. The molecule has 0 saturated carbocycles. The summed E-state index contributed by atoms with van der Waals surface area (Å²) < 4.78 is 10.3. The highest BCUT2D eigenvalue weighted by molar-refractivity contribution is 7.16. The van der Waals surface area contributed by atoms with E-state index in [-0.39, 0.29) is 5.91 Å². The van der Waals surface area contributed by atoms with Crippen LogP contribution in [0.4, 0.5) is 5.00 Å². The Balaban J connectivity index is 2.18. The van der Waals surface area contributed by atoms with E-state index >= 15 is 0 Å². The highest BCUT2D eigenvalue weighted by Gasteiger charge is 2.18. The van der Waals surface area contributed by atoms with Crippen LogP contribution in [0.3, 0.4) is 0 Å². The Labute approximate surface area is 139 Å². The molecule has 1 heterocycles. The molecule has 2 aromatic rings. The van der Waals surface area contributed by atoms with E-state index in [1.165, 1.54) is 18.4 Å². The van der Waals surface area contributed by atoms with Crippen molar-refractivity contribution < 1.29 is 19.1 Å². The number of methoxy groups -OCH3 is 1. The molecule has 6 heteroatoms. The van der Waals surface area contributed by atoms with Crippen molar-refractivity contribution in [3.63, 3.8) is 0 Å². The second kappa shape index (κ2) is 7.78. The van der Waals surface area contributed by atoms with Crippen molar-refractivity contribution in [1.82, 2.24) is 0 Å². The molecule has 0 aliphatic rings. The highest BCUT2D eigenvalue weighted by atomic mass is 32.1. The zero-order chi connectivity index (χ0) is 16.8. The molecule has 23 heavy (non-hydrogen) atoms. The number of aryl methyl sites for hydroxylation is 1. The van der Waals surface area contributed by atoms with Gasteiger partial charge in [-0.2, -0.15) is 0 Å². The molecule has 0 bridgehead atoms. The van der Waals surface area contributed by atoms with Gasteiger partial charge in [-0.1, -0.05) is 13.0 Å². The molecule has 0 aliphatic carbocycles. The molecule has 0 aliphatic heterocycles. The molecular weight excluding hydrogens is 314 g/mol. The number of benzene rings is 1. The molecule has 0 fully saturated rings. The number of nitrogens with one attached hydrogen (secondary N) is 1. The van der Waals surface area contributed by atoms with Gasteiger partial charge in [0.2, 0.25) is 0 Å². The van der Waals surface area contributed by atoms with Gasteiger partial charge in [0.15, 0.2) is 0 Å². The normalized spacial score (nSPS) is 10.2. The van der Waals surface area contributed by atoms with Crippen LogP contribution in [0.15, 0.2) is 30.3 Å². The first-order valence-electron chi connectivity index (χ1n) is 7.28. The minimum absolute atomic E-state index is 0.293. The lowest BCUT2D eigenvalue weighted by molar-refractivity contribution is 0.0602. The van der Waals surface area contributed by atoms with Gasteiger partial charge in [0.1, 0.15) is 10.8 Å². The largest absolute Gasteiger partial charge is 0.494 e. The van der Waals surface area contributed by atoms with Crippen LogP contribution in [0.25, 0.3) is 0 Å². The number of rotatable bonds is 6. The molecular formula is C17H19NO4S. The number of esters is 1. The summed E-state index contributed by atoms with van der Waals surface area (Å²) in [5, 5.41) is 3.25. The number of thiophene rings is 1. The van der Waals surface area contributed by atoms with Crippen LogP contribution in [0.5, 0.6) is 5.75 Å². The van der Waals surface area contributed by atoms with Gasteiger partial charge in [-0.05, 0) is 37.6 Å². The second-order valence-electron chi connectivity index (χ2n) is 4.92. The van der Waals surface area contributed by atoms with Crippen molar-refractivity contribution >= 4 is 28.2 Å². The van der Waals surface area contributed by atoms with Gasteiger partial charge in [0, 0.05) is 10.4 Å². The molecule has 0 radical (unpaired) electrons. The number of hydrogen-bond donors (Lipinski definition) is 1. The molecule has 2 rings (SSSR count). The summed E-state index contributed by atoms with van der Waals surface area (Å²) >= 11 is 1.34. The highest BCUT2D eigenvalue weighted by Crippen LogP contribution is 2.29. The molecule has 5 nitrogen and oxygen atoms in total. The molecule has 0 unspecified atom stereocenters. The number of carbonyl (C=O) groups excluding carboxylic acids is 2. The lowest BCUT2D eigenvalue weighted by Gasteiger charge is -2.08. The third-order valence-corrected chi connectivity index (χ3v) is 4.02. The van der Waals surface area contributed by atoms with E-state index < -0.39 is 5.97 Å². The Kier molecular flexibility index (Phi) is 5.76. The SMILES string of the molecule is CCCOc1cccc(C(=O)Nc2sc(C)cc2C(=O)OC)c1. The second-order valence-corrected chi connectivity index (χ2v) is 6.18. The number of amides is 1. The van der Waals surface area contributed by atoms with E-state index in [9.17, 15) is 9.59 Å². The number of anilines is 1. The van der Waals surface area contributed by atoms with Crippen LogP contribution in [-0.2, 0) is 4.74 Å². The maximum atomic E-state index is 12.4. The van der Waals surface area contributed by atoms with E-state index in [1.807, 2.05) is 19.9 Å². The maximum Gasteiger partial charge on any atom is 0.340 e. The fraction of sp³-hybridized carbons (Fsp3) is 0.294. The molecule has 1 aromatic carbocycles. The van der Waals surface area contributed by atoms with Gasteiger partial charge in [-0.3, -0.25) is 4.79 Å². The van der Waals surface area contributed by atoms with Gasteiger partial charge in [0.05, 0.1) is 19.3 Å². The topological polar surface area (TPSA) is 64.6 Å². The summed E-state index contributed by atoms with van der Waals surface area (Å²) in [6, 6.07) is 8.66. The minimum atomic E-state index is -0.468. The van der Waals surface area contributed by atoms with E-state index in [2.05, 4.69) is 5.32 Å². The molecule has 1 N–H and O–H groups in total. The first-order chi connectivity index (χ1) is 11.0. The molecule has 0 saturated heterocycles. The predicted octanol–water partition coefficient (Wildman–Crippen LogP) is 3.88. The fourth-order valence-corrected chi connectivity index (χ4v) is 2.89. The van der Waals surface area contributed by atoms with Crippen molar-refractivity contribution in [2.75, 3.05) is 19.0 Å². The summed E-state index contributed by atoms with van der Waals surface area (Å²) in [6.07, 6.45) is 0.896. The van der Waals surface area contributed by atoms with Crippen LogP contribution in [0.2, 0.25) is 0 Å². The number of hydrogen-bond acceptors (Lipinski definition) is 5. The summed E-state index contributed by atoms with van der Waals surface area (Å²) in [5.41, 5.74) is 0.835. The number of ether oxygens (including phenoxy) is 2. The number of carbonyl (C=O) groups is 2. The van der Waals surface area contributed by atoms with Crippen molar-refractivity contribution in [2.24, 2.45) is 0 Å². The van der Waals surface area contributed by atoms with Gasteiger partial charge >= 0.3 is 5.97 Å². The summed E-state index contributed by atoms with van der Waals surface area (Å²) in [6.45, 7) is 4.48. The quantitative estimate of drug-likeness (QED) is 0.815. The van der Waals surface area contributed by atoms with Crippen molar-refractivity contribution in [2.45, 2.75) is 20.3 Å². The fourth-order valence-electron chi connectivity index (χ4n) is 1.99. The van der Waals surface area contributed by atoms with Crippen LogP contribution >= 0.6 is 11.3 Å². The van der Waals surface area contributed by atoms with Crippen molar-refractivity contribution in [3.05, 3.63) is 46.3 Å². The van der Waals surface area contributed by atoms with Crippen LogP contribution < -0.4 is 10.1 Å². The standard InChI is InChI=1S/C17H19NO4S/c1-4-8-22-13-7-5-6-12(10-13)15(19)18-16-14(17(20)21-3)9-11(2)23-16/h5-7,9-10H,4,8H2,1-3H3,(H,18,19). The predicted molar refractivity (Wildman–Crippen MR) is 90.6 cm³/mol.